The highest BCUT2D eigenvalue weighted by molar-refractivity contribution is 14.1. The van der Waals surface area contributed by atoms with Gasteiger partial charge >= 0.3 is 0 Å². The molecule has 2 nitrogen and oxygen atoms in total. The molecule has 0 saturated carbocycles. The van der Waals surface area contributed by atoms with Crippen LogP contribution in [0.2, 0.25) is 0 Å². The average molecular weight is 361 g/mol. The van der Waals surface area contributed by atoms with Crippen LogP contribution in [0.1, 0.15) is 37.0 Å². The van der Waals surface area contributed by atoms with Gasteiger partial charge in [0.1, 0.15) is 5.82 Å². The average Bonchev–Trinajstić information content (AvgIpc) is 2.28. The second-order valence-corrected chi connectivity index (χ2v) is 6.26. The van der Waals surface area contributed by atoms with Gasteiger partial charge in [-0.2, -0.15) is 0 Å². The van der Waals surface area contributed by atoms with Crippen molar-refractivity contribution in [2.75, 3.05) is 6.54 Å². The van der Waals surface area contributed by atoms with Crippen molar-refractivity contribution >= 4 is 28.5 Å². The smallest absolute Gasteiger partial charge is 0.255 e. The largest absolute Gasteiger partial charge is 0.336 e. The number of likely N-dealkylation sites (tertiary alicyclic amines) is 1. The summed E-state index contributed by atoms with van der Waals surface area (Å²) in [7, 11) is 0. The zero-order valence-corrected chi connectivity index (χ0v) is 12.8. The summed E-state index contributed by atoms with van der Waals surface area (Å²) in [5.41, 5.74) is 0.610. The lowest BCUT2D eigenvalue weighted by atomic mass is 9.93. The molecule has 98 valence electrons. The molecule has 1 aliphatic heterocycles. The molecule has 1 saturated heterocycles. The highest BCUT2D eigenvalue weighted by Crippen LogP contribution is 2.25. The van der Waals surface area contributed by atoms with Crippen molar-refractivity contribution in [3.05, 3.63) is 33.1 Å². The maximum Gasteiger partial charge on any atom is 0.255 e. The van der Waals surface area contributed by atoms with Gasteiger partial charge in [-0.05, 0) is 66.5 Å². The lowest BCUT2D eigenvalue weighted by molar-refractivity contribution is 0.0587. The monoisotopic (exact) mass is 361 g/mol. The molecule has 2 atom stereocenters. The molecule has 1 fully saturated rings. The van der Waals surface area contributed by atoms with Crippen LogP contribution in [0.4, 0.5) is 4.39 Å². The van der Waals surface area contributed by atoms with Crippen molar-refractivity contribution in [2.24, 2.45) is 5.92 Å². The number of hydrogen-bond donors (Lipinski definition) is 0. The van der Waals surface area contributed by atoms with E-state index in [9.17, 15) is 9.18 Å². The maximum absolute atomic E-state index is 13.1. The lowest BCUT2D eigenvalue weighted by Gasteiger charge is -2.36. The van der Waals surface area contributed by atoms with Crippen LogP contribution in [-0.2, 0) is 0 Å². The molecule has 0 spiro atoms. The zero-order valence-electron chi connectivity index (χ0n) is 10.6. The molecule has 1 heterocycles. The Morgan fingerprint density at radius 1 is 1.44 bits per heavy atom. The number of piperidine rings is 1. The molecule has 2 rings (SSSR count). The zero-order chi connectivity index (χ0) is 13.3. The van der Waals surface area contributed by atoms with E-state index in [1.165, 1.54) is 12.1 Å². The summed E-state index contributed by atoms with van der Waals surface area (Å²) in [6.07, 6.45) is 2.09. The fraction of sp³-hybridized carbons (Fsp3) is 0.500. The van der Waals surface area contributed by atoms with Crippen LogP contribution in [0, 0.1) is 15.3 Å². The SMILES string of the molecule is CC1CCN(C(=O)c2ccc(F)cc2I)C(C)C1. The number of halogens is 2. The Hall–Kier alpha value is -0.650. The number of amides is 1. The van der Waals surface area contributed by atoms with E-state index in [1.807, 2.05) is 27.5 Å². The van der Waals surface area contributed by atoms with E-state index in [0.29, 0.717) is 15.1 Å². The third-order valence-electron chi connectivity index (χ3n) is 3.56. The number of rotatable bonds is 1. The summed E-state index contributed by atoms with van der Waals surface area (Å²) in [6, 6.07) is 4.61. The molecule has 0 aromatic heterocycles. The molecule has 0 bridgehead atoms. The third-order valence-corrected chi connectivity index (χ3v) is 4.45. The quantitative estimate of drug-likeness (QED) is 0.699. The van der Waals surface area contributed by atoms with Crippen molar-refractivity contribution in [1.29, 1.82) is 0 Å². The van der Waals surface area contributed by atoms with E-state index in [4.69, 9.17) is 0 Å². The van der Waals surface area contributed by atoms with E-state index < -0.39 is 0 Å². The van der Waals surface area contributed by atoms with Crippen LogP contribution in [0.3, 0.4) is 0 Å². The Balaban J connectivity index is 2.20. The summed E-state index contributed by atoms with van der Waals surface area (Å²) in [6.45, 7) is 5.11. The first-order valence-electron chi connectivity index (χ1n) is 6.25. The van der Waals surface area contributed by atoms with Gasteiger partial charge in [0.25, 0.3) is 5.91 Å². The fourth-order valence-corrected chi connectivity index (χ4v) is 3.23. The Morgan fingerprint density at radius 3 is 2.78 bits per heavy atom. The van der Waals surface area contributed by atoms with Crippen LogP contribution in [0.15, 0.2) is 18.2 Å². The molecule has 0 radical (unpaired) electrons. The van der Waals surface area contributed by atoms with Gasteiger partial charge in [-0.1, -0.05) is 6.92 Å². The van der Waals surface area contributed by atoms with Crippen LogP contribution < -0.4 is 0 Å². The van der Waals surface area contributed by atoms with Crippen molar-refractivity contribution in [2.45, 2.75) is 32.7 Å². The minimum absolute atomic E-state index is 0.0267. The summed E-state index contributed by atoms with van der Waals surface area (Å²) < 4.78 is 13.7. The van der Waals surface area contributed by atoms with Crippen molar-refractivity contribution in [1.82, 2.24) is 4.90 Å². The number of benzene rings is 1. The normalized spacial score (nSPS) is 24.1. The molecule has 1 aromatic carbocycles. The van der Waals surface area contributed by atoms with Gasteiger partial charge in [0, 0.05) is 16.2 Å². The third kappa shape index (κ3) is 2.84. The molecule has 1 aromatic rings. The molecule has 4 heteroatoms. The molecule has 0 aliphatic carbocycles. The first-order valence-corrected chi connectivity index (χ1v) is 7.33. The Labute approximate surface area is 121 Å². The predicted molar refractivity (Wildman–Crippen MR) is 78.0 cm³/mol. The summed E-state index contributed by atoms with van der Waals surface area (Å²) in [5.74, 6) is 0.409. The first kappa shape index (κ1) is 13.8. The van der Waals surface area contributed by atoms with Crippen molar-refractivity contribution in [3.63, 3.8) is 0 Å². The van der Waals surface area contributed by atoms with Gasteiger partial charge in [0.2, 0.25) is 0 Å². The summed E-state index contributed by atoms with van der Waals surface area (Å²) in [4.78, 5) is 14.4. The molecule has 2 unspecified atom stereocenters. The Kier molecular flexibility index (Phi) is 4.25. The van der Waals surface area contributed by atoms with E-state index in [1.54, 1.807) is 6.07 Å². The van der Waals surface area contributed by atoms with Crippen LogP contribution >= 0.6 is 22.6 Å². The summed E-state index contributed by atoms with van der Waals surface area (Å²) >= 11 is 2.02. The second-order valence-electron chi connectivity index (χ2n) is 5.10. The molecule has 1 aliphatic rings. The van der Waals surface area contributed by atoms with Gasteiger partial charge in [-0.15, -0.1) is 0 Å². The van der Waals surface area contributed by atoms with Gasteiger partial charge in [0.15, 0.2) is 0 Å². The number of carbonyl (C=O) groups is 1. The minimum atomic E-state index is -0.295. The fourth-order valence-electron chi connectivity index (χ4n) is 2.53. The minimum Gasteiger partial charge on any atom is -0.336 e. The highest BCUT2D eigenvalue weighted by Gasteiger charge is 2.28. The van der Waals surface area contributed by atoms with E-state index in [-0.39, 0.29) is 17.8 Å². The van der Waals surface area contributed by atoms with E-state index in [2.05, 4.69) is 13.8 Å². The second kappa shape index (κ2) is 5.55. The van der Waals surface area contributed by atoms with Crippen LogP contribution in [0.25, 0.3) is 0 Å². The Morgan fingerprint density at radius 2 is 2.17 bits per heavy atom. The molecular formula is C14H17FINO. The first-order chi connectivity index (χ1) is 8.49. The molecular weight excluding hydrogens is 344 g/mol. The molecule has 18 heavy (non-hydrogen) atoms. The van der Waals surface area contributed by atoms with Crippen LogP contribution in [-0.4, -0.2) is 23.4 Å². The van der Waals surface area contributed by atoms with Gasteiger partial charge in [0.05, 0.1) is 5.56 Å². The summed E-state index contributed by atoms with van der Waals surface area (Å²) in [5, 5.41) is 0. The van der Waals surface area contributed by atoms with Gasteiger partial charge in [-0.25, -0.2) is 4.39 Å². The predicted octanol–water partition coefficient (Wildman–Crippen LogP) is 3.69. The van der Waals surface area contributed by atoms with Crippen molar-refractivity contribution < 1.29 is 9.18 Å². The maximum atomic E-state index is 13.1. The number of carbonyl (C=O) groups excluding carboxylic acids is 1. The van der Waals surface area contributed by atoms with Gasteiger partial charge < -0.3 is 4.90 Å². The number of nitrogens with zero attached hydrogens (tertiary/aromatic N) is 1. The Bertz CT molecular complexity index is 463. The highest BCUT2D eigenvalue weighted by atomic mass is 127. The number of hydrogen-bond acceptors (Lipinski definition) is 1. The van der Waals surface area contributed by atoms with Gasteiger partial charge in [-0.3, -0.25) is 4.79 Å². The lowest BCUT2D eigenvalue weighted by Crippen LogP contribution is -2.44. The van der Waals surface area contributed by atoms with E-state index >= 15 is 0 Å². The van der Waals surface area contributed by atoms with E-state index in [0.717, 1.165) is 19.4 Å². The molecule has 1 amide bonds. The topological polar surface area (TPSA) is 20.3 Å². The molecule has 0 N–H and O–H groups in total. The van der Waals surface area contributed by atoms with Crippen LogP contribution in [0.5, 0.6) is 0 Å². The standard InChI is InChI=1S/C14H17FINO/c1-9-5-6-17(10(2)7-9)14(18)12-4-3-11(15)8-13(12)16/h3-4,8-10H,5-7H2,1-2H3. The van der Waals surface area contributed by atoms with Crippen molar-refractivity contribution in [3.8, 4) is 0 Å².